The van der Waals surface area contributed by atoms with Gasteiger partial charge in [0.05, 0.1) is 15.9 Å². The van der Waals surface area contributed by atoms with E-state index in [1.165, 1.54) is 16.9 Å². The lowest BCUT2D eigenvalue weighted by Crippen LogP contribution is -2.16. The summed E-state index contributed by atoms with van der Waals surface area (Å²) in [7, 11) is 0. The molecule has 0 spiro atoms. The maximum absolute atomic E-state index is 12.3. The number of amides is 1. The van der Waals surface area contributed by atoms with Gasteiger partial charge in [0, 0.05) is 12.6 Å². The second kappa shape index (κ2) is 6.57. The zero-order valence-electron chi connectivity index (χ0n) is 13.9. The highest BCUT2D eigenvalue weighted by atomic mass is 32.1. The number of aryl methyl sites for hydroxylation is 1. The Balaban J connectivity index is 2.15. The van der Waals surface area contributed by atoms with Gasteiger partial charge in [0.1, 0.15) is 0 Å². The van der Waals surface area contributed by atoms with E-state index in [-0.39, 0.29) is 5.76 Å². The molecule has 124 valence electrons. The molecule has 0 saturated heterocycles. The number of aromatic nitrogens is 2. The van der Waals surface area contributed by atoms with Crippen LogP contribution in [0.2, 0.25) is 0 Å². The average molecular weight is 341 g/mol. The Morgan fingerprint density at radius 3 is 2.88 bits per heavy atom. The van der Waals surface area contributed by atoms with Gasteiger partial charge in [0.2, 0.25) is 5.76 Å². The van der Waals surface area contributed by atoms with Gasteiger partial charge in [-0.05, 0) is 30.5 Å². The molecular formula is C18H19N3O2S. The van der Waals surface area contributed by atoms with E-state index in [1.807, 2.05) is 4.57 Å². The third kappa shape index (κ3) is 3.10. The van der Waals surface area contributed by atoms with Gasteiger partial charge >= 0.3 is 5.91 Å². The van der Waals surface area contributed by atoms with Crippen LogP contribution in [0.25, 0.3) is 10.2 Å². The first kappa shape index (κ1) is 16.4. The first-order valence-electron chi connectivity index (χ1n) is 7.76. The Morgan fingerprint density at radius 2 is 2.25 bits per heavy atom. The molecule has 0 aliphatic heterocycles. The van der Waals surface area contributed by atoms with Crippen molar-refractivity contribution < 1.29 is 9.32 Å². The molecule has 0 aliphatic rings. The van der Waals surface area contributed by atoms with Crippen LogP contribution in [0.15, 0.2) is 46.4 Å². The summed E-state index contributed by atoms with van der Waals surface area (Å²) >= 11 is 1.49. The SMILES string of the molecule is C=CCn1c(=NC(=O)c2cc(C)no2)sc2cc(C(C)C)ccc21. The standard InChI is InChI=1S/C18H19N3O2S/c1-5-8-21-14-7-6-13(11(2)3)10-16(14)24-18(21)19-17(22)15-9-12(4)20-23-15/h5-7,9-11H,1,8H2,2-4H3. The van der Waals surface area contributed by atoms with Gasteiger partial charge in [-0.2, -0.15) is 4.99 Å². The summed E-state index contributed by atoms with van der Waals surface area (Å²) in [6.07, 6.45) is 1.80. The molecule has 6 heteroatoms. The van der Waals surface area contributed by atoms with Crippen LogP contribution in [-0.4, -0.2) is 15.6 Å². The molecule has 0 radical (unpaired) electrons. The van der Waals surface area contributed by atoms with Gasteiger partial charge in [0.15, 0.2) is 4.80 Å². The minimum Gasteiger partial charge on any atom is -0.351 e. The number of carbonyl (C=O) groups is 1. The molecule has 2 aromatic heterocycles. The van der Waals surface area contributed by atoms with Crippen LogP contribution in [0.3, 0.4) is 0 Å². The van der Waals surface area contributed by atoms with Gasteiger partial charge in [-0.3, -0.25) is 4.79 Å². The van der Waals surface area contributed by atoms with Crippen LogP contribution in [0.4, 0.5) is 0 Å². The first-order chi connectivity index (χ1) is 11.5. The fourth-order valence-electron chi connectivity index (χ4n) is 2.45. The maximum atomic E-state index is 12.3. The molecule has 2 heterocycles. The van der Waals surface area contributed by atoms with E-state index in [0.717, 1.165) is 10.2 Å². The van der Waals surface area contributed by atoms with E-state index < -0.39 is 5.91 Å². The molecule has 0 atom stereocenters. The molecule has 0 unspecified atom stereocenters. The smallest absolute Gasteiger partial charge is 0.318 e. The molecular weight excluding hydrogens is 322 g/mol. The summed E-state index contributed by atoms with van der Waals surface area (Å²) < 4.78 is 8.09. The van der Waals surface area contributed by atoms with Crippen molar-refractivity contribution in [1.29, 1.82) is 0 Å². The van der Waals surface area contributed by atoms with E-state index in [9.17, 15) is 4.79 Å². The number of nitrogens with zero attached hydrogens (tertiary/aromatic N) is 3. The van der Waals surface area contributed by atoms with Crippen molar-refractivity contribution in [3.8, 4) is 0 Å². The summed E-state index contributed by atoms with van der Waals surface area (Å²) in [5.41, 5.74) is 2.97. The fraction of sp³-hybridized carbons (Fsp3) is 0.278. The number of rotatable bonds is 4. The molecule has 5 nitrogen and oxygen atoms in total. The van der Waals surface area contributed by atoms with Crippen molar-refractivity contribution in [2.75, 3.05) is 0 Å². The fourth-order valence-corrected chi connectivity index (χ4v) is 3.53. The summed E-state index contributed by atoms with van der Waals surface area (Å²) in [6, 6.07) is 7.94. The van der Waals surface area contributed by atoms with E-state index in [2.05, 4.69) is 48.8 Å². The van der Waals surface area contributed by atoms with E-state index in [1.54, 1.807) is 19.1 Å². The van der Waals surface area contributed by atoms with Gasteiger partial charge in [-0.25, -0.2) is 0 Å². The molecule has 24 heavy (non-hydrogen) atoms. The third-order valence-electron chi connectivity index (χ3n) is 3.72. The van der Waals surface area contributed by atoms with Crippen molar-refractivity contribution >= 4 is 27.5 Å². The highest BCUT2D eigenvalue weighted by Gasteiger charge is 2.13. The van der Waals surface area contributed by atoms with Crippen molar-refractivity contribution in [1.82, 2.24) is 9.72 Å². The summed E-state index contributed by atoms with van der Waals surface area (Å²) in [4.78, 5) is 17.2. The topological polar surface area (TPSA) is 60.4 Å². The molecule has 1 amide bonds. The minimum atomic E-state index is -0.427. The Kier molecular flexibility index (Phi) is 4.49. The number of carbonyl (C=O) groups excluding carboxylic acids is 1. The lowest BCUT2D eigenvalue weighted by molar-refractivity contribution is 0.0962. The van der Waals surface area contributed by atoms with Gasteiger partial charge < -0.3 is 9.09 Å². The summed E-state index contributed by atoms with van der Waals surface area (Å²) in [5, 5.41) is 3.74. The average Bonchev–Trinajstić information content (AvgIpc) is 3.11. The van der Waals surface area contributed by atoms with Crippen LogP contribution in [-0.2, 0) is 6.54 Å². The van der Waals surface area contributed by atoms with Crippen LogP contribution in [0.1, 0.15) is 41.6 Å². The summed E-state index contributed by atoms with van der Waals surface area (Å²) in [5.74, 6) is 0.172. The molecule has 3 aromatic rings. The second-order valence-electron chi connectivity index (χ2n) is 5.92. The Labute approximate surface area is 143 Å². The number of allylic oxidation sites excluding steroid dienone is 1. The van der Waals surface area contributed by atoms with Crippen LogP contribution in [0.5, 0.6) is 0 Å². The van der Waals surface area contributed by atoms with E-state index >= 15 is 0 Å². The zero-order valence-corrected chi connectivity index (χ0v) is 14.8. The number of fused-ring (bicyclic) bond motifs is 1. The quantitative estimate of drug-likeness (QED) is 0.673. The Bertz CT molecular complexity index is 976. The monoisotopic (exact) mass is 341 g/mol. The van der Waals surface area contributed by atoms with Crippen molar-refractivity contribution in [3.05, 3.63) is 58.7 Å². The Morgan fingerprint density at radius 1 is 1.46 bits per heavy atom. The number of thiazole rings is 1. The molecule has 1 aromatic carbocycles. The highest BCUT2D eigenvalue weighted by Crippen LogP contribution is 2.23. The minimum absolute atomic E-state index is 0.151. The maximum Gasteiger partial charge on any atom is 0.318 e. The van der Waals surface area contributed by atoms with Crippen LogP contribution < -0.4 is 4.80 Å². The molecule has 0 bridgehead atoms. The molecule has 0 aliphatic carbocycles. The van der Waals surface area contributed by atoms with Gasteiger partial charge in [-0.15, -0.1) is 6.58 Å². The number of hydrogen-bond donors (Lipinski definition) is 0. The molecule has 0 saturated carbocycles. The Hall–Kier alpha value is -2.47. The van der Waals surface area contributed by atoms with Crippen molar-refractivity contribution in [2.24, 2.45) is 4.99 Å². The molecule has 3 rings (SSSR count). The van der Waals surface area contributed by atoms with Gasteiger partial charge in [-0.1, -0.05) is 42.5 Å². The largest absolute Gasteiger partial charge is 0.351 e. The molecule has 0 N–H and O–H groups in total. The number of hydrogen-bond acceptors (Lipinski definition) is 4. The highest BCUT2D eigenvalue weighted by molar-refractivity contribution is 7.16. The van der Waals surface area contributed by atoms with E-state index in [4.69, 9.17) is 4.52 Å². The van der Waals surface area contributed by atoms with Gasteiger partial charge in [0.25, 0.3) is 0 Å². The zero-order chi connectivity index (χ0) is 17.3. The lowest BCUT2D eigenvalue weighted by atomic mass is 10.0. The van der Waals surface area contributed by atoms with Crippen molar-refractivity contribution in [2.45, 2.75) is 33.2 Å². The van der Waals surface area contributed by atoms with Crippen LogP contribution in [0, 0.1) is 6.92 Å². The lowest BCUT2D eigenvalue weighted by Gasteiger charge is -2.05. The number of benzene rings is 1. The van der Waals surface area contributed by atoms with Crippen LogP contribution >= 0.6 is 11.3 Å². The predicted octanol–water partition coefficient (Wildman–Crippen LogP) is 4.05. The van der Waals surface area contributed by atoms with Crippen molar-refractivity contribution in [3.63, 3.8) is 0 Å². The second-order valence-corrected chi connectivity index (χ2v) is 6.92. The normalized spacial score (nSPS) is 12.2. The first-order valence-corrected chi connectivity index (χ1v) is 8.58. The summed E-state index contributed by atoms with van der Waals surface area (Å²) in [6.45, 7) is 10.5. The third-order valence-corrected chi connectivity index (χ3v) is 4.76. The van der Waals surface area contributed by atoms with E-state index in [0.29, 0.717) is 23.0 Å². The molecule has 0 fully saturated rings. The predicted molar refractivity (Wildman–Crippen MR) is 95.2 cm³/mol.